The number of carbonyl (C=O) groups is 1. The average Bonchev–Trinajstić information content (AvgIpc) is 3.37. The zero-order valence-electron chi connectivity index (χ0n) is 42.8. The summed E-state index contributed by atoms with van der Waals surface area (Å²) in [6.07, 6.45) is 0. The van der Waals surface area contributed by atoms with Gasteiger partial charge in [-0.2, -0.15) is 8.61 Å². The molecule has 5 aromatic rings. The first kappa shape index (κ1) is 73.0. The Morgan fingerprint density at radius 2 is 1.00 bits per heavy atom. The first-order valence-corrected chi connectivity index (χ1v) is 25.2. The Morgan fingerprint density at radius 3 is 1.37 bits per heavy atom. The molecule has 0 bridgehead atoms. The standard InChI is InChI=1S/C19H25N5O8S2.C12H9NO2S.C7H17N3.C6H6S.CH2O3.2Cs.H/c1-20(12-14-21(2)33(29,30)18-10-6-4-8-16(18)23(25)26)13-15-22(3)34(31,32)19-11-7-5-9-17(19)24(27)28;14-13(15)11-8-4-5-9-12(11)16-10-6-2-1-3-7-10;1-8-4-6-10(3)7-5-9-2;7-6-4-2-1-3-5-6;2-1-4-3;;;/h4-11H,12-15H2,1-3H3;1-9H;9H,1,4-7H2,2-3H3;1-5,7H;1,3H;;;/q;;;;;2*+1;-1. The van der Waals surface area contributed by atoms with Gasteiger partial charge >= 0.3 is 138 Å². The summed E-state index contributed by atoms with van der Waals surface area (Å²) in [5.74, 6) is 0. The molecule has 0 saturated carbocycles. The van der Waals surface area contributed by atoms with Gasteiger partial charge in [0.05, 0.1) is 26.2 Å². The van der Waals surface area contributed by atoms with Gasteiger partial charge in [-0.3, -0.25) is 45.0 Å². The topological polar surface area (TPSA) is 286 Å². The second kappa shape index (κ2) is 41.1. The third-order valence-corrected chi connectivity index (χ3v) is 14.5. The van der Waals surface area contributed by atoms with Crippen LogP contribution in [0.25, 0.3) is 0 Å². The van der Waals surface area contributed by atoms with E-state index in [1.54, 1.807) is 30.1 Å². The molecule has 0 heterocycles. The van der Waals surface area contributed by atoms with E-state index in [9.17, 15) is 47.2 Å². The van der Waals surface area contributed by atoms with Gasteiger partial charge in [0, 0.05) is 81.4 Å². The molecule has 0 unspecified atom stereocenters. The van der Waals surface area contributed by atoms with Crippen molar-refractivity contribution in [1.82, 2.24) is 23.7 Å². The fraction of sp³-hybridized carbons (Fsp3) is 0.289. The van der Waals surface area contributed by atoms with E-state index in [1.165, 1.54) is 56.2 Å². The predicted molar refractivity (Wildman–Crippen MR) is 273 cm³/mol. The maximum Gasteiger partial charge on any atom is 1.00 e. The molecule has 0 aliphatic heterocycles. The second-order valence-electron chi connectivity index (χ2n) is 14.5. The number of carbonyl (C=O) groups excluding carboxylic acids is 1. The molecule has 73 heavy (non-hydrogen) atoms. The molecule has 0 spiro atoms. The first-order valence-electron chi connectivity index (χ1n) is 21.0. The number of sulfonamides is 2. The largest absolute Gasteiger partial charge is 1.00 e. The van der Waals surface area contributed by atoms with Crippen molar-refractivity contribution in [2.75, 3.05) is 87.6 Å². The second-order valence-corrected chi connectivity index (χ2v) is 20.1. The van der Waals surface area contributed by atoms with E-state index in [2.05, 4.69) is 46.5 Å². The van der Waals surface area contributed by atoms with Crippen molar-refractivity contribution < 1.29 is 191 Å². The monoisotopic (exact) mass is 1330 g/mol. The van der Waals surface area contributed by atoms with Gasteiger partial charge in [0.15, 0.2) is 16.3 Å². The van der Waals surface area contributed by atoms with E-state index < -0.39 is 51.1 Å². The van der Waals surface area contributed by atoms with E-state index in [0.717, 1.165) is 68.8 Å². The van der Waals surface area contributed by atoms with Gasteiger partial charge in [0.2, 0.25) is 20.0 Å². The SMILES string of the molecule is C=[NH+]CCN(C)CCNC.CN(CCN(C)S(=O)(=O)c1ccccc1[N+](=O)[O-])CCN(C)S(=O)(=O)c1ccccc1[N+](=O)[O-].O=CO[O-].O=[N+]([O-])c1ccccc1Sc1ccccc1.Sc1ccccc1.[Cs+].[Cs+].[H-]. The van der Waals surface area contributed by atoms with Gasteiger partial charge in [0.25, 0.3) is 23.5 Å². The quantitative estimate of drug-likeness (QED) is 0.0162. The molecular formula is C45H60Cs2N9O13S4+. The van der Waals surface area contributed by atoms with E-state index in [0.29, 0.717) is 4.90 Å². The van der Waals surface area contributed by atoms with Crippen LogP contribution in [0.4, 0.5) is 17.1 Å². The fourth-order valence-electron chi connectivity index (χ4n) is 5.39. The molecule has 5 rings (SSSR count). The van der Waals surface area contributed by atoms with Gasteiger partial charge in [0.1, 0.15) is 6.72 Å². The molecule has 0 amide bonds. The summed E-state index contributed by atoms with van der Waals surface area (Å²) in [7, 11) is 0.0767. The molecule has 0 atom stereocenters. The van der Waals surface area contributed by atoms with Gasteiger partial charge in [-0.15, -0.1) is 12.6 Å². The van der Waals surface area contributed by atoms with Crippen LogP contribution in [0.1, 0.15) is 1.43 Å². The number of nitro groups is 3. The van der Waals surface area contributed by atoms with E-state index in [4.69, 9.17) is 10.1 Å². The summed E-state index contributed by atoms with van der Waals surface area (Å²) in [4.78, 5) is 51.2. The Bertz CT molecular complexity index is 2550. The van der Waals surface area contributed by atoms with E-state index >= 15 is 0 Å². The molecule has 0 fully saturated rings. The third-order valence-electron chi connectivity index (χ3n) is 9.34. The smallest absolute Gasteiger partial charge is 1.00 e. The van der Waals surface area contributed by atoms with Crippen LogP contribution in [0.15, 0.2) is 158 Å². The summed E-state index contributed by atoms with van der Waals surface area (Å²) in [5.41, 5.74) is -0.898. The van der Waals surface area contributed by atoms with Crippen molar-refractivity contribution in [3.63, 3.8) is 0 Å². The molecule has 22 nitrogen and oxygen atoms in total. The summed E-state index contributed by atoms with van der Waals surface area (Å²) in [5, 5.41) is 44.7. The Kier molecular flexibility index (Phi) is 41.0. The minimum absolute atomic E-state index is 0. The maximum absolute atomic E-state index is 12.8. The van der Waals surface area contributed by atoms with Gasteiger partial charge in [-0.25, -0.2) is 16.8 Å². The van der Waals surface area contributed by atoms with Crippen LogP contribution in [0.2, 0.25) is 0 Å². The van der Waals surface area contributed by atoms with Gasteiger partial charge < -0.3 is 21.8 Å². The zero-order valence-corrected chi connectivity index (χ0v) is 57.7. The number of rotatable bonds is 22. The van der Waals surface area contributed by atoms with Crippen molar-refractivity contribution in [3.8, 4) is 0 Å². The molecule has 28 heteroatoms. The van der Waals surface area contributed by atoms with Crippen LogP contribution >= 0.6 is 24.4 Å². The predicted octanol–water partition coefficient (Wildman–Crippen LogP) is -2.43. The minimum atomic E-state index is -4.12. The Labute approximate surface area is 555 Å². The number of nitrogens with one attached hydrogen (secondary N) is 2. The number of para-hydroxylation sites is 3. The first-order chi connectivity index (χ1) is 33.7. The molecule has 0 saturated heterocycles. The minimum Gasteiger partial charge on any atom is -1.00 e. The number of benzene rings is 5. The molecule has 0 aromatic heterocycles. The van der Waals surface area contributed by atoms with Crippen molar-refractivity contribution >= 4 is 74.7 Å². The van der Waals surface area contributed by atoms with Crippen LogP contribution in [0, 0.1) is 30.3 Å². The summed E-state index contributed by atoms with van der Waals surface area (Å²) in [6.45, 7) is 7.92. The molecule has 388 valence electrons. The van der Waals surface area contributed by atoms with E-state index in [-0.39, 0.29) is 182 Å². The van der Waals surface area contributed by atoms with Crippen LogP contribution in [-0.4, -0.2) is 151 Å². The summed E-state index contributed by atoms with van der Waals surface area (Å²) in [6, 6.07) is 36.2. The number of thiol groups is 1. The molecule has 0 aliphatic rings. The third kappa shape index (κ3) is 28.7. The maximum atomic E-state index is 12.8. The van der Waals surface area contributed by atoms with Crippen LogP contribution < -0.4 is 153 Å². The summed E-state index contributed by atoms with van der Waals surface area (Å²) >= 11 is 5.49. The van der Waals surface area contributed by atoms with Gasteiger partial charge in [-0.1, -0.05) is 84.6 Å². The average molecular weight is 1330 g/mol. The molecule has 0 aliphatic carbocycles. The van der Waals surface area contributed by atoms with Crippen LogP contribution in [-0.2, 0) is 29.7 Å². The number of nitro benzene ring substituents is 3. The molecule has 5 aromatic carbocycles. The van der Waals surface area contributed by atoms with E-state index in [1.807, 2.05) is 67.7 Å². The van der Waals surface area contributed by atoms with Crippen molar-refractivity contribution in [2.45, 2.75) is 24.5 Å². The number of hydrogen-bond acceptors (Lipinski definition) is 18. The normalized spacial score (nSPS) is 10.5. The number of likely N-dealkylation sites (N-methyl/N-ethyl adjacent to an activating group) is 5. The van der Waals surface area contributed by atoms with Gasteiger partial charge in [-0.05, 0) is 63.6 Å². The number of hydrogen-bond donors (Lipinski definition) is 3. The number of nitrogens with zero attached hydrogens (tertiary/aromatic N) is 7. The Hall–Kier alpha value is -2.10. The summed E-state index contributed by atoms with van der Waals surface area (Å²) < 4.78 is 53.1. The molecule has 0 radical (unpaired) electrons. The Balaban J connectivity index is -0.00000103. The van der Waals surface area contributed by atoms with Crippen molar-refractivity contribution in [2.24, 2.45) is 0 Å². The fourth-order valence-corrected chi connectivity index (χ4v) is 9.13. The van der Waals surface area contributed by atoms with Crippen LogP contribution in [0.3, 0.4) is 0 Å². The zero-order chi connectivity index (χ0) is 53.4. The molecule has 2 N–H and O–H groups in total. The van der Waals surface area contributed by atoms with Crippen molar-refractivity contribution in [1.29, 1.82) is 0 Å². The Morgan fingerprint density at radius 1 is 0.630 bits per heavy atom. The van der Waals surface area contributed by atoms with Crippen LogP contribution in [0.5, 0.6) is 0 Å². The molecular weight excluding hydrogens is 1270 g/mol. The van der Waals surface area contributed by atoms with Crippen molar-refractivity contribution in [3.05, 3.63) is 164 Å².